The van der Waals surface area contributed by atoms with Gasteiger partial charge >= 0.3 is 12.1 Å². The van der Waals surface area contributed by atoms with Crippen molar-refractivity contribution in [2.24, 2.45) is 5.92 Å². The van der Waals surface area contributed by atoms with Gasteiger partial charge in [-0.3, -0.25) is 24.0 Å². The third-order valence-corrected chi connectivity index (χ3v) is 6.11. The number of allylic oxidation sites excluding steroid dienone is 2. The summed E-state index contributed by atoms with van der Waals surface area (Å²) in [7, 11) is 1.16. The van der Waals surface area contributed by atoms with Gasteiger partial charge in [0, 0.05) is 6.54 Å². The van der Waals surface area contributed by atoms with E-state index in [4.69, 9.17) is 4.74 Å². The zero-order valence-corrected chi connectivity index (χ0v) is 21.7. The van der Waals surface area contributed by atoms with Crippen molar-refractivity contribution in [3.05, 3.63) is 12.2 Å². The first-order chi connectivity index (χ1) is 17.6. The van der Waals surface area contributed by atoms with Crippen molar-refractivity contribution in [3.8, 4) is 0 Å². The van der Waals surface area contributed by atoms with E-state index in [2.05, 4.69) is 20.7 Å². The maximum Gasteiger partial charge on any atom is 0.407 e. The zero-order chi connectivity index (χ0) is 27.4. The van der Waals surface area contributed by atoms with Crippen molar-refractivity contribution >= 4 is 35.6 Å². The molecule has 37 heavy (non-hydrogen) atoms. The second kappa shape index (κ2) is 15.0. The molecule has 0 saturated carbocycles. The quantitative estimate of drug-likeness (QED) is 0.249. The topological polar surface area (TPSA) is 160 Å². The molecule has 3 atom stereocenters. The molecule has 2 heterocycles. The number of esters is 1. The van der Waals surface area contributed by atoms with Gasteiger partial charge in [-0.2, -0.15) is 0 Å². The van der Waals surface area contributed by atoms with E-state index in [9.17, 15) is 28.8 Å². The number of rotatable bonds is 7. The maximum atomic E-state index is 13.4. The van der Waals surface area contributed by atoms with Crippen LogP contribution in [0.4, 0.5) is 4.79 Å². The SMILES string of the molecule is COC(=O)CNC(=O)C(=O)C1CCC/C=C/CC[C@H](NC(=O)OCC(C)C)C(=O)N2CCC[C@H]2C(=O)N1. The minimum Gasteiger partial charge on any atom is -0.468 e. The normalized spacial score (nSPS) is 23.8. The fraction of sp³-hybridized carbons (Fsp3) is 0.680. The van der Waals surface area contributed by atoms with Gasteiger partial charge in [0.25, 0.3) is 5.91 Å². The van der Waals surface area contributed by atoms with Gasteiger partial charge < -0.3 is 30.3 Å². The summed E-state index contributed by atoms with van der Waals surface area (Å²) in [4.78, 5) is 76.7. The van der Waals surface area contributed by atoms with E-state index in [1.54, 1.807) is 0 Å². The summed E-state index contributed by atoms with van der Waals surface area (Å²) in [5, 5.41) is 7.48. The van der Waals surface area contributed by atoms with Gasteiger partial charge in [-0.15, -0.1) is 0 Å². The van der Waals surface area contributed by atoms with Crippen molar-refractivity contribution in [3.63, 3.8) is 0 Å². The van der Waals surface area contributed by atoms with Crippen molar-refractivity contribution in [1.29, 1.82) is 0 Å². The number of nitrogens with one attached hydrogen (secondary N) is 3. The summed E-state index contributed by atoms with van der Waals surface area (Å²) in [6.45, 7) is 3.87. The molecular weight excluding hydrogens is 484 g/mol. The lowest BCUT2D eigenvalue weighted by molar-refractivity contribution is -0.144. The molecule has 2 aliphatic rings. The highest BCUT2D eigenvalue weighted by Gasteiger charge is 2.39. The molecule has 0 aromatic rings. The molecule has 0 aromatic heterocycles. The third-order valence-electron chi connectivity index (χ3n) is 6.11. The smallest absolute Gasteiger partial charge is 0.407 e. The Labute approximate surface area is 216 Å². The predicted molar refractivity (Wildman–Crippen MR) is 132 cm³/mol. The minimum absolute atomic E-state index is 0.137. The molecule has 12 nitrogen and oxygen atoms in total. The van der Waals surface area contributed by atoms with Gasteiger partial charge in [0.15, 0.2) is 0 Å². The van der Waals surface area contributed by atoms with Gasteiger partial charge in [0.2, 0.25) is 17.6 Å². The molecule has 0 radical (unpaired) electrons. The molecule has 1 unspecified atom stereocenters. The Kier molecular flexibility index (Phi) is 12.0. The fourth-order valence-corrected chi connectivity index (χ4v) is 4.13. The molecule has 206 valence electrons. The molecule has 2 rings (SSSR count). The van der Waals surface area contributed by atoms with Gasteiger partial charge in [-0.25, -0.2) is 4.79 Å². The Morgan fingerprint density at radius 2 is 1.81 bits per heavy atom. The number of ketones is 1. The molecule has 0 bridgehead atoms. The number of carbonyl (C=O) groups is 6. The maximum absolute atomic E-state index is 13.4. The van der Waals surface area contributed by atoms with Crippen LogP contribution in [0, 0.1) is 5.92 Å². The Morgan fingerprint density at radius 1 is 1.08 bits per heavy atom. The summed E-state index contributed by atoms with van der Waals surface area (Å²) < 4.78 is 9.64. The van der Waals surface area contributed by atoms with Crippen LogP contribution in [0.25, 0.3) is 0 Å². The van der Waals surface area contributed by atoms with Crippen LogP contribution < -0.4 is 16.0 Å². The first-order valence-corrected chi connectivity index (χ1v) is 12.7. The lowest BCUT2D eigenvalue weighted by Crippen LogP contribution is -2.56. The summed E-state index contributed by atoms with van der Waals surface area (Å²) in [6.07, 6.45) is 6.24. The number of hydrogen-bond donors (Lipinski definition) is 3. The fourth-order valence-electron chi connectivity index (χ4n) is 4.13. The van der Waals surface area contributed by atoms with Crippen LogP contribution in [0.1, 0.15) is 58.8 Å². The average molecular weight is 523 g/mol. The number of hydrogen-bond acceptors (Lipinski definition) is 8. The molecular formula is C25H38N4O8. The van der Waals surface area contributed by atoms with E-state index >= 15 is 0 Å². The van der Waals surface area contributed by atoms with Crippen molar-refractivity contribution in [1.82, 2.24) is 20.9 Å². The van der Waals surface area contributed by atoms with Gasteiger partial charge in [-0.05, 0) is 50.9 Å². The second-order valence-corrected chi connectivity index (χ2v) is 9.54. The summed E-state index contributed by atoms with van der Waals surface area (Å²) in [6, 6.07) is -2.82. The van der Waals surface area contributed by atoms with Crippen LogP contribution in [0.2, 0.25) is 0 Å². The molecule has 1 saturated heterocycles. The van der Waals surface area contributed by atoms with Gasteiger partial charge in [0.05, 0.1) is 19.8 Å². The van der Waals surface area contributed by atoms with Crippen LogP contribution in [-0.4, -0.2) is 85.4 Å². The van der Waals surface area contributed by atoms with Crippen molar-refractivity contribution < 1.29 is 38.2 Å². The molecule has 1 fully saturated rings. The second-order valence-electron chi connectivity index (χ2n) is 9.54. The minimum atomic E-state index is -1.11. The first kappa shape index (κ1) is 29.8. The van der Waals surface area contributed by atoms with E-state index < -0.39 is 60.2 Å². The predicted octanol–water partition coefficient (Wildman–Crippen LogP) is 0.592. The molecule has 0 aliphatic carbocycles. The third kappa shape index (κ3) is 9.51. The molecule has 12 heteroatoms. The highest BCUT2D eigenvalue weighted by atomic mass is 16.5. The van der Waals surface area contributed by atoms with Crippen LogP contribution >= 0.6 is 0 Å². The first-order valence-electron chi connectivity index (χ1n) is 12.7. The summed E-state index contributed by atoms with van der Waals surface area (Å²) in [5.41, 5.74) is 0. The Morgan fingerprint density at radius 3 is 2.51 bits per heavy atom. The lowest BCUT2D eigenvalue weighted by Gasteiger charge is -2.29. The van der Waals surface area contributed by atoms with E-state index in [1.807, 2.05) is 26.0 Å². The largest absolute Gasteiger partial charge is 0.468 e. The van der Waals surface area contributed by atoms with Crippen LogP contribution in [0.3, 0.4) is 0 Å². The summed E-state index contributed by atoms with van der Waals surface area (Å²) in [5.74, 6) is -3.40. The lowest BCUT2D eigenvalue weighted by atomic mass is 10.0. The number of Topliss-reactive ketones (excluding diaryl/α,β-unsaturated/α-hetero) is 1. The average Bonchev–Trinajstić information content (AvgIpc) is 3.37. The molecule has 0 spiro atoms. The van der Waals surface area contributed by atoms with Crippen LogP contribution in [-0.2, 0) is 33.4 Å². The van der Waals surface area contributed by atoms with E-state index in [1.165, 1.54) is 4.90 Å². The van der Waals surface area contributed by atoms with Crippen LogP contribution in [0.15, 0.2) is 12.2 Å². The molecule has 2 aliphatic heterocycles. The summed E-state index contributed by atoms with van der Waals surface area (Å²) >= 11 is 0. The number of methoxy groups -OCH3 is 1. The standard InChI is InChI=1S/C25H38N4O8/c1-16(2)15-37-25(35)28-18-11-8-6-4-5-7-10-17(21(31)23(33)26-14-20(30)36-3)27-22(32)19-12-9-13-29(19)24(18)34/h4,6,16-19H,5,7-15H2,1-3H3,(H,26,33)(H,27,32)(H,28,35)/b6-4+/t17?,18-,19-/m0/s1. The molecule has 3 N–H and O–H groups in total. The zero-order valence-electron chi connectivity index (χ0n) is 21.7. The Bertz CT molecular complexity index is 888. The Hall–Kier alpha value is -3.44. The number of fused-ring (bicyclic) bond motifs is 1. The molecule has 4 amide bonds. The number of ether oxygens (including phenoxy) is 2. The van der Waals surface area contributed by atoms with E-state index in [0.717, 1.165) is 7.11 Å². The number of carbonyl (C=O) groups excluding carboxylic acids is 6. The Balaban J connectivity index is 2.17. The van der Waals surface area contributed by atoms with Gasteiger partial charge in [-0.1, -0.05) is 26.0 Å². The number of nitrogens with zero attached hydrogens (tertiary/aromatic N) is 1. The monoisotopic (exact) mass is 522 g/mol. The number of amides is 4. The number of alkyl carbamates (subject to hydrolysis) is 1. The molecule has 0 aromatic carbocycles. The van der Waals surface area contributed by atoms with Gasteiger partial charge in [0.1, 0.15) is 18.6 Å². The van der Waals surface area contributed by atoms with E-state index in [0.29, 0.717) is 45.1 Å². The highest BCUT2D eigenvalue weighted by molar-refractivity contribution is 6.38. The highest BCUT2D eigenvalue weighted by Crippen LogP contribution is 2.21. The van der Waals surface area contributed by atoms with Crippen molar-refractivity contribution in [2.75, 3.05) is 26.8 Å². The van der Waals surface area contributed by atoms with E-state index in [-0.39, 0.29) is 18.9 Å². The van der Waals surface area contributed by atoms with Crippen molar-refractivity contribution in [2.45, 2.75) is 76.9 Å². The van der Waals surface area contributed by atoms with Crippen LogP contribution in [0.5, 0.6) is 0 Å².